The van der Waals surface area contributed by atoms with Gasteiger partial charge in [0.2, 0.25) is 0 Å². The van der Waals surface area contributed by atoms with Crippen LogP contribution in [0.2, 0.25) is 0 Å². The maximum atomic E-state index is 5.53. The SMILES string of the molecule is CCCCOCCCCOC1CC1. The third kappa shape index (κ3) is 7.03. The summed E-state index contributed by atoms with van der Waals surface area (Å²) in [6.45, 7) is 4.96. The Morgan fingerprint density at radius 2 is 1.69 bits per heavy atom. The maximum absolute atomic E-state index is 5.53. The Morgan fingerprint density at radius 1 is 1.00 bits per heavy atom. The molecule has 0 bridgehead atoms. The molecule has 0 radical (unpaired) electrons. The van der Waals surface area contributed by atoms with E-state index in [1.165, 1.54) is 25.7 Å². The van der Waals surface area contributed by atoms with Crippen LogP contribution in [0.1, 0.15) is 45.4 Å². The summed E-state index contributed by atoms with van der Waals surface area (Å²) in [5, 5.41) is 0. The molecule has 78 valence electrons. The molecule has 0 N–H and O–H groups in total. The molecule has 0 amide bonds. The highest BCUT2D eigenvalue weighted by Gasteiger charge is 2.21. The maximum Gasteiger partial charge on any atom is 0.0577 e. The van der Waals surface area contributed by atoms with E-state index in [1.807, 2.05) is 0 Å². The van der Waals surface area contributed by atoms with E-state index in [9.17, 15) is 0 Å². The molecular weight excluding hydrogens is 164 g/mol. The summed E-state index contributed by atoms with van der Waals surface area (Å²) in [4.78, 5) is 0. The van der Waals surface area contributed by atoms with Crippen molar-refractivity contribution in [2.24, 2.45) is 0 Å². The van der Waals surface area contributed by atoms with Gasteiger partial charge in [0, 0.05) is 19.8 Å². The van der Waals surface area contributed by atoms with Crippen LogP contribution in [0.3, 0.4) is 0 Å². The van der Waals surface area contributed by atoms with E-state index in [0.717, 1.165) is 32.7 Å². The fraction of sp³-hybridized carbons (Fsp3) is 1.00. The zero-order valence-corrected chi connectivity index (χ0v) is 8.76. The lowest BCUT2D eigenvalue weighted by Crippen LogP contribution is -2.00. The van der Waals surface area contributed by atoms with Crippen LogP contribution in [-0.4, -0.2) is 25.9 Å². The van der Waals surface area contributed by atoms with Gasteiger partial charge in [-0.1, -0.05) is 13.3 Å². The van der Waals surface area contributed by atoms with Gasteiger partial charge in [0.15, 0.2) is 0 Å². The predicted octanol–water partition coefficient (Wildman–Crippen LogP) is 2.76. The van der Waals surface area contributed by atoms with Crippen LogP contribution >= 0.6 is 0 Å². The van der Waals surface area contributed by atoms with Crippen molar-refractivity contribution in [2.45, 2.75) is 51.6 Å². The molecule has 1 aliphatic rings. The van der Waals surface area contributed by atoms with Gasteiger partial charge in [-0.05, 0) is 32.1 Å². The van der Waals surface area contributed by atoms with Crippen molar-refractivity contribution in [3.05, 3.63) is 0 Å². The Morgan fingerprint density at radius 3 is 2.38 bits per heavy atom. The van der Waals surface area contributed by atoms with Crippen molar-refractivity contribution in [1.29, 1.82) is 0 Å². The summed E-state index contributed by atoms with van der Waals surface area (Å²) < 4.78 is 11.0. The molecule has 2 heteroatoms. The number of hydrogen-bond donors (Lipinski definition) is 0. The molecule has 2 nitrogen and oxygen atoms in total. The van der Waals surface area contributed by atoms with Gasteiger partial charge >= 0.3 is 0 Å². The molecule has 0 aromatic heterocycles. The summed E-state index contributed by atoms with van der Waals surface area (Å²) >= 11 is 0. The first-order valence-electron chi connectivity index (χ1n) is 5.63. The summed E-state index contributed by atoms with van der Waals surface area (Å²) in [6, 6.07) is 0. The molecule has 1 aliphatic carbocycles. The largest absolute Gasteiger partial charge is 0.381 e. The summed E-state index contributed by atoms with van der Waals surface area (Å²) in [5.74, 6) is 0. The van der Waals surface area contributed by atoms with Gasteiger partial charge in [0.25, 0.3) is 0 Å². The fourth-order valence-electron chi connectivity index (χ4n) is 1.14. The highest BCUT2D eigenvalue weighted by molar-refractivity contribution is 4.72. The minimum Gasteiger partial charge on any atom is -0.381 e. The van der Waals surface area contributed by atoms with E-state index in [-0.39, 0.29) is 0 Å². The summed E-state index contributed by atoms with van der Waals surface area (Å²) in [6.07, 6.45) is 7.91. The van der Waals surface area contributed by atoms with Crippen molar-refractivity contribution in [2.75, 3.05) is 19.8 Å². The molecule has 0 spiro atoms. The van der Waals surface area contributed by atoms with E-state index in [4.69, 9.17) is 9.47 Å². The lowest BCUT2D eigenvalue weighted by Gasteiger charge is -2.03. The smallest absolute Gasteiger partial charge is 0.0577 e. The molecule has 13 heavy (non-hydrogen) atoms. The van der Waals surface area contributed by atoms with Crippen LogP contribution in [0, 0.1) is 0 Å². The molecular formula is C11H22O2. The molecule has 0 aliphatic heterocycles. The molecule has 0 unspecified atom stereocenters. The second-order valence-corrected chi connectivity index (χ2v) is 3.74. The minimum atomic E-state index is 0.612. The van der Waals surface area contributed by atoms with Crippen molar-refractivity contribution in [3.8, 4) is 0 Å². The van der Waals surface area contributed by atoms with Gasteiger partial charge in [0.05, 0.1) is 6.10 Å². The molecule has 1 rings (SSSR count). The number of ether oxygens (including phenoxy) is 2. The molecule has 0 aromatic rings. The van der Waals surface area contributed by atoms with Crippen LogP contribution in [0.15, 0.2) is 0 Å². The Kier molecular flexibility index (Phi) is 6.21. The van der Waals surface area contributed by atoms with Gasteiger partial charge in [-0.3, -0.25) is 0 Å². The second kappa shape index (κ2) is 7.34. The first kappa shape index (κ1) is 11.0. The van der Waals surface area contributed by atoms with Gasteiger partial charge in [0.1, 0.15) is 0 Å². The number of rotatable bonds is 9. The average molecular weight is 186 g/mol. The first-order valence-corrected chi connectivity index (χ1v) is 5.63. The highest BCUT2D eigenvalue weighted by Crippen LogP contribution is 2.23. The van der Waals surface area contributed by atoms with Crippen LogP contribution < -0.4 is 0 Å². The predicted molar refractivity (Wildman–Crippen MR) is 53.9 cm³/mol. The minimum absolute atomic E-state index is 0.612. The standard InChI is InChI=1S/C11H22O2/c1-2-3-8-12-9-4-5-10-13-11-6-7-11/h11H,2-10H2,1H3. The van der Waals surface area contributed by atoms with E-state index in [2.05, 4.69) is 6.92 Å². The fourth-order valence-corrected chi connectivity index (χ4v) is 1.14. The Labute approximate surface area is 81.6 Å². The van der Waals surface area contributed by atoms with Gasteiger partial charge in [-0.15, -0.1) is 0 Å². The number of hydrogen-bond acceptors (Lipinski definition) is 2. The Bertz CT molecular complexity index is 111. The zero-order valence-electron chi connectivity index (χ0n) is 8.76. The molecule has 1 fully saturated rings. The van der Waals surface area contributed by atoms with Crippen molar-refractivity contribution in [1.82, 2.24) is 0 Å². The number of unbranched alkanes of at least 4 members (excludes halogenated alkanes) is 2. The molecule has 0 atom stereocenters. The van der Waals surface area contributed by atoms with Crippen LogP contribution in [0.5, 0.6) is 0 Å². The van der Waals surface area contributed by atoms with Gasteiger partial charge < -0.3 is 9.47 Å². The van der Waals surface area contributed by atoms with Crippen molar-refractivity contribution in [3.63, 3.8) is 0 Å². The zero-order chi connectivity index (χ0) is 9.36. The monoisotopic (exact) mass is 186 g/mol. The van der Waals surface area contributed by atoms with Crippen LogP contribution in [0.4, 0.5) is 0 Å². The molecule has 0 aromatic carbocycles. The van der Waals surface area contributed by atoms with Gasteiger partial charge in [-0.25, -0.2) is 0 Å². The lowest BCUT2D eigenvalue weighted by molar-refractivity contribution is 0.0940. The second-order valence-electron chi connectivity index (χ2n) is 3.74. The molecule has 0 heterocycles. The molecule has 1 saturated carbocycles. The Hall–Kier alpha value is -0.0800. The van der Waals surface area contributed by atoms with E-state index in [0.29, 0.717) is 6.10 Å². The van der Waals surface area contributed by atoms with E-state index < -0.39 is 0 Å². The average Bonchev–Trinajstić information content (AvgIpc) is 2.93. The summed E-state index contributed by atoms with van der Waals surface area (Å²) in [7, 11) is 0. The highest BCUT2D eigenvalue weighted by atomic mass is 16.5. The normalized spacial score (nSPS) is 16.4. The molecule has 0 saturated heterocycles. The van der Waals surface area contributed by atoms with E-state index >= 15 is 0 Å². The topological polar surface area (TPSA) is 18.5 Å². The third-order valence-corrected chi connectivity index (χ3v) is 2.20. The van der Waals surface area contributed by atoms with Crippen molar-refractivity contribution >= 4 is 0 Å². The van der Waals surface area contributed by atoms with Gasteiger partial charge in [-0.2, -0.15) is 0 Å². The first-order chi connectivity index (χ1) is 6.43. The Balaban J connectivity index is 1.63. The summed E-state index contributed by atoms with van der Waals surface area (Å²) in [5.41, 5.74) is 0. The van der Waals surface area contributed by atoms with Crippen LogP contribution in [-0.2, 0) is 9.47 Å². The van der Waals surface area contributed by atoms with Crippen molar-refractivity contribution < 1.29 is 9.47 Å². The quantitative estimate of drug-likeness (QED) is 0.515. The third-order valence-electron chi connectivity index (χ3n) is 2.20. The van der Waals surface area contributed by atoms with Crippen LogP contribution in [0.25, 0.3) is 0 Å². The van der Waals surface area contributed by atoms with E-state index in [1.54, 1.807) is 0 Å². The lowest BCUT2D eigenvalue weighted by atomic mass is 10.3.